The van der Waals surface area contributed by atoms with E-state index in [1.54, 1.807) is 17.9 Å². The average Bonchev–Trinajstić information content (AvgIpc) is 2.46. The van der Waals surface area contributed by atoms with Crippen LogP contribution >= 0.6 is 0 Å². The lowest BCUT2D eigenvalue weighted by molar-refractivity contribution is 0.0698. The van der Waals surface area contributed by atoms with Gasteiger partial charge in [0.25, 0.3) is 5.91 Å². The number of aryl methyl sites for hydroxylation is 1. The van der Waals surface area contributed by atoms with Gasteiger partial charge >= 0.3 is 0 Å². The molecule has 1 amide bonds. The Morgan fingerprint density at radius 1 is 1.20 bits per heavy atom. The predicted octanol–water partition coefficient (Wildman–Crippen LogP) is 1.10. The Morgan fingerprint density at radius 3 is 2.40 bits per heavy atom. The molecule has 0 aromatic heterocycles. The van der Waals surface area contributed by atoms with Crippen LogP contribution in [0.5, 0.6) is 0 Å². The molecule has 110 valence electrons. The molecular weight excluding hydrogens is 276 g/mol. The summed E-state index contributed by atoms with van der Waals surface area (Å²) in [5.41, 5.74) is 1.71. The maximum Gasteiger partial charge on any atom is 0.253 e. The van der Waals surface area contributed by atoms with E-state index in [1.807, 2.05) is 25.1 Å². The van der Waals surface area contributed by atoms with Crippen molar-refractivity contribution in [3.8, 4) is 0 Å². The van der Waals surface area contributed by atoms with Crippen LogP contribution in [0.2, 0.25) is 0 Å². The highest BCUT2D eigenvalue weighted by Gasteiger charge is 2.27. The fraction of sp³-hybridized carbons (Fsp3) is 0.500. The molecular formula is C14H20N2O3S. The van der Waals surface area contributed by atoms with Crippen molar-refractivity contribution >= 4 is 15.9 Å². The summed E-state index contributed by atoms with van der Waals surface area (Å²) in [6.07, 6.45) is 0. The van der Waals surface area contributed by atoms with Crippen molar-refractivity contribution in [2.75, 3.05) is 31.9 Å². The number of benzene rings is 1. The van der Waals surface area contributed by atoms with Crippen LogP contribution in [0, 0.1) is 6.92 Å². The van der Waals surface area contributed by atoms with E-state index in [4.69, 9.17) is 0 Å². The van der Waals surface area contributed by atoms with Gasteiger partial charge in [-0.25, -0.2) is 8.42 Å². The van der Waals surface area contributed by atoms with Gasteiger partial charge in [0.1, 0.15) is 0 Å². The van der Waals surface area contributed by atoms with Crippen molar-refractivity contribution < 1.29 is 13.2 Å². The second-order valence-electron chi connectivity index (χ2n) is 4.96. The molecule has 1 aromatic carbocycles. The van der Waals surface area contributed by atoms with Gasteiger partial charge in [-0.05, 0) is 26.0 Å². The van der Waals surface area contributed by atoms with E-state index in [0.717, 1.165) is 5.56 Å². The van der Waals surface area contributed by atoms with Gasteiger partial charge < -0.3 is 4.90 Å². The Labute approximate surface area is 120 Å². The van der Waals surface area contributed by atoms with Gasteiger partial charge in [0.15, 0.2) is 0 Å². The molecule has 1 saturated heterocycles. The Balaban J connectivity index is 2.02. The van der Waals surface area contributed by atoms with Crippen LogP contribution in [0.4, 0.5) is 0 Å². The van der Waals surface area contributed by atoms with Gasteiger partial charge in [0.2, 0.25) is 10.0 Å². The van der Waals surface area contributed by atoms with Crippen molar-refractivity contribution in [2.45, 2.75) is 13.8 Å². The number of hydrogen-bond acceptors (Lipinski definition) is 3. The molecule has 0 atom stereocenters. The number of carbonyl (C=O) groups excluding carboxylic acids is 1. The van der Waals surface area contributed by atoms with E-state index < -0.39 is 10.0 Å². The number of piperazine rings is 1. The molecule has 1 heterocycles. The molecule has 1 aromatic rings. The quantitative estimate of drug-likeness (QED) is 0.839. The number of carbonyl (C=O) groups is 1. The minimum Gasteiger partial charge on any atom is -0.336 e. The first kappa shape index (κ1) is 15.0. The molecule has 1 aliphatic rings. The number of hydrogen-bond donors (Lipinski definition) is 0. The third-order valence-corrected chi connectivity index (χ3v) is 5.43. The van der Waals surface area contributed by atoms with E-state index in [-0.39, 0.29) is 11.7 Å². The van der Waals surface area contributed by atoms with Crippen molar-refractivity contribution in [1.82, 2.24) is 9.21 Å². The van der Waals surface area contributed by atoms with Crippen molar-refractivity contribution in [3.63, 3.8) is 0 Å². The van der Waals surface area contributed by atoms with Crippen molar-refractivity contribution in [3.05, 3.63) is 35.4 Å². The smallest absolute Gasteiger partial charge is 0.253 e. The zero-order valence-corrected chi connectivity index (χ0v) is 12.7. The maximum absolute atomic E-state index is 12.3. The third-order valence-electron chi connectivity index (χ3n) is 3.55. The van der Waals surface area contributed by atoms with Crippen LogP contribution in [-0.2, 0) is 10.0 Å². The summed E-state index contributed by atoms with van der Waals surface area (Å²) in [5.74, 6) is 0.0842. The van der Waals surface area contributed by atoms with Crippen LogP contribution in [0.3, 0.4) is 0 Å². The minimum absolute atomic E-state index is 0.0257. The first-order valence-electron chi connectivity index (χ1n) is 6.78. The highest BCUT2D eigenvalue weighted by atomic mass is 32.2. The molecule has 0 bridgehead atoms. The molecule has 6 heteroatoms. The van der Waals surface area contributed by atoms with Crippen LogP contribution in [-0.4, -0.2) is 55.5 Å². The van der Waals surface area contributed by atoms with Gasteiger partial charge in [0.05, 0.1) is 5.75 Å². The summed E-state index contributed by atoms with van der Waals surface area (Å²) in [5, 5.41) is 0. The lowest BCUT2D eigenvalue weighted by atomic mass is 10.1. The lowest BCUT2D eigenvalue weighted by Gasteiger charge is -2.33. The third kappa shape index (κ3) is 3.19. The Kier molecular flexibility index (Phi) is 4.45. The molecule has 0 aliphatic carbocycles. The average molecular weight is 296 g/mol. The predicted molar refractivity (Wildman–Crippen MR) is 78.1 cm³/mol. The molecule has 0 N–H and O–H groups in total. The Hall–Kier alpha value is -1.40. The summed E-state index contributed by atoms with van der Waals surface area (Å²) in [6.45, 7) is 5.25. The molecule has 20 heavy (non-hydrogen) atoms. The molecule has 0 radical (unpaired) electrons. The number of rotatable bonds is 3. The van der Waals surface area contributed by atoms with Gasteiger partial charge in [0, 0.05) is 31.7 Å². The zero-order chi connectivity index (χ0) is 14.8. The lowest BCUT2D eigenvalue weighted by Crippen LogP contribution is -2.50. The molecule has 5 nitrogen and oxygen atoms in total. The first-order valence-corrected chi connectivity index (χ1v) is 8.38. The largest absolute Gasteiger partial charge is 0.336 e. The minimum atomic E-state index is -3.15. The Morgan fingerprint density at radius 2 is 1.85 bits per heavy atom. The normalized spacial score (nSPS) is 17.2. The van der Waals surface area contributed by atoms with Gasteiger partial charge in [-0.2, -0.15) is 4.31 Å². The standard InChI is InChI=1S/C14H20N2O3S/c1-3-20(18,19)16-9-7-15(8-10-16)14(17)13-6-4-5-12(2)11-13/h4-6,11H,3,7-10H2,1-2H3. The molecule has 0 spiro atoms. The molecule has 1 fully saturated rings. The van der Waals surface area contributed by atoms with Crippen LogP contribution in [0.15, 0.2) is 24.3 Å². The van der Waals surface area contributed by atoms with Crippen molar-refractivity contribution in [2.24, 2.45) is 0 Å². The fourth-order valence-corrected chi connectivity index (χ4v) is 3.40. The summed E-state index contributed by atoms with van der Waals surface area (Å²) < 4.78 is 25.0. The zero-order valence-electron chi connectivity index (χ0n) is 11.9. The van der Waals surface area contributed by atoms with Crippen LogP contribution in [0.25, 0.3) is 0 Å². The summed E-state index contributed by atoms with van der Waals surface area (Å²) >= 11 is 0. The van der Waals surface area contributed by atoms with Gasteiger partial charge in [-0.3, -0.25) is 4.79 Å². The fourth-order valence-electron chi connectivity index (χ4n) is 2.31. The number of sulfonamides is 1. The van der Waals surface area contributed by atoms with Gasteiger partial charge in [-0.15, -0.1) is 0 Å². The summed E-state index contributed by atoms with van der Waals surface area (Å²) in [6, 6.07) is 7.46. The van der Waals surface area contributed by atoms with Gasteiger partial charge in [-0.1, -0.05) is 17.7 Å². The monoisotopic (exact) mass is 296 g/mol. The molecule has 1 aliphatic heterocycles. The molecule has 2 rings (SSSR count). The SMILES string of the molecule is CCS(=O)(=O)N1CCN(C(=O)c2cccc(C)c2)CC1. The Bertz CT molecular complexity index is 590. The topological polar surface area (TPSA) is 57.7 Å². The van der Waals surface area contributed by atoms with Crippen LogP contribution in [0.1, 0.15) is 22.8 Å². The maximum atomic E-state index is 12.3. The molecule has 0 unspecified atom stereocenters. The van der Waals surface area contributed by atoms with E-state index in [2.05, 4.69) is 0 Å². The highest BCUT2D eigenvalue weighted by Crippen LogP contribution is 2.12. The highest BCUT2D eigenvalue weighted by molar-refractivity contribution is 7.89. The number of nitrogens with zero attached hydrogens (tertiary/aromatic N) is 2. The first-order chi connectivity index (χ1) is 9.44. The second kappa shape index (κ2) is 5.93. The summed E-state index contributed by atoms with van der Waals surface area (Å²) in [7, 11) is -3.15. The van der Waals surface area contributed by atoms with E-state index in [1.165, 1.54) is 4.31 Å². The number of amides is 1. The van der Waals surface area contributed by atoms with E-state index in [9.17, 15) is 13.2 Å². The second-order valence-corrected chi connectivity index (χ2v) is 7.22. The van der Waals surface area contributed by atoms with Crippen molar-refractivity contribution in [1.29, 1.82) is 0 Å². The van der Waals surface area contributed by atoms with E-state index in [0.29, 0.717) is 31.7 Å². The molecule has 0 saturated carbocycles. The van der Waals surface area contributed by atoms with E-state index >= 15 is 0 Å². The summed E-state index contributed by atoms with van der Waals surface area (Å²) in [4.78, 5) is 14.1. The van der Waals surface area contributed by atoms with Crippen LogP contribution < -0.4 is 0 Å².